The van der Waals surface area contributed by atoms with Crippen LogP contribution < -0.4 is 11.2 Å². The van der Waals surface area contributed by atoms with Crippen LogP contribution in [0.5, 0.6) is 0 Å². The Labute approximate surface area is 150 Å². The maximum Gasteiger partial charge on any atom is 0.237 e. The van der Waals surface area contributed by atoms with Gasteiger partial charge in [-0.25, -0.2) is 13.9 Å². The van der Waals surface area contributed by atoms with Crippen LogP contribution in [0.25, 0.3) is 0 Å². The Balaban J connectivity index is 0.000000273. The van der Waals surface area contributed by atoms with Crippen LogP contribution in [0.3, 0.4) is 0 Å². The molecule has 0 fully saturated rings. The lowest BCUT2D eigenvalue weighted by molar-refractivity contribution is 0.232. The Kier molecular flexibility index (Phi) is 7.91. The van der Waals surface area contributed by atoms with E-state index >= 15 is 0 Å². The average Bonchev–Trinajstić information content (AvgIpc) is 2.62. The topological polar surface area (TPSA) is 164 Å². The predicted molar refractivity (Wildman–Crippen MR) is 94.4 cm³/mol. The van der Waals surface area contributed by atoms with Gasteiger partial charge in [0, 0.05) is 0 Å². The molecule has 0 aliphatic carbocycles. The van der Waals surface area contributed by atoms with Crippen LogP contribution in [0, 0.1) is 18.3 Å². The Morgan fingerprint density at radius 2 is 1.81 bits per heavy atom. The van der Waals surface area contributed by atoms with Crippen LogP contribution in [0.15, 0.2) is 63.6 Å². The molecule has 4 N–H and O–H groups in total. The number of hydrogen-bond acceptors (Lipinski definition) is 7. The molecule has 26 heavy (non-hydrogen) atoms. The second-order valence-corrected chi connectivity index (χ2v) is 6.22. The molecule has 0 radical (unpaired) electrons. The van der Waals surface area contributed by atoms with Gasteiger partial charge in [-0.3, -0.25) is 5.21 Å². The first kappa shape index (κ1) is 20.8. The number of benzene rings is 2. The first-order valence-electron chi connectivity index (χ1n) is 7.05. The molecular weight excluding hydrogens is 358 g/mol. The zero-order chi connectivity index (χ0) is 19.6. The molecule has 2 rings (SSSR count). The van der Waals surface area contributed by atoms with Gasteiger partial charge < -0.3 is 10.3 Å². The third kappa shape index (κ3) is 7.54. The summed E-state index contributed by atoms with van der Waals surface area (Å²) in [5, 5.41) is 23.9. The van der Waals surface area contributed by atoms with Crippen LogP contribution >= 0.6 is 0 Å². The lowest BCUT2D eigenvalue weighted by Crippen LogP contribution is -2.27. The fraction of sp³-hybridized carbons (Fsp3) is 0.0625. The number of nitriles is 1. The number of nitrogens with two attached hydrogens (primary N) is 1. The highest BCUT2D eigenvalue weighted by Crippen LogP contribution is 2.08. The maximum atomic E-state index is 10.4. The van der Waals surface area contributed by atoms with Crippen molar-refractivity contribution in [3.05, 3.63) is 65.2 Å². The normalized spacial score (nSPS) is 11.4. The maximum absolute atomic E-state index is 10.4. The van der Waals surface area contributed by atoms with E-state index < -0.39 is 10.1 Å². The SMILES string of the molecule is Cc1ccc(S(=O)(=O)[O-])cc1.N#Cc1ccc(/C=N/N=C(\N)NO)cc1. The van der Waals surface area contributed by atoms with Crippen molar-refractivity contribution in [1.82, 2.24) is 5.48 Å². The Bertz CT molecular complexity index is 915. The number of aryl methyl sites for hydroxylation is 1. The van der Waals surface area contributed by atoms with Gasteiger partial charge in [0.25, 0.3) is 0 Å². The number of nitrogens with one attached hydrogen (secondary N) is 1. The van der Waals surface area contributed by atoms with Crippen LogP contribution in [0.4, 0.5) is 0 Å². The Morgan fingerprint density at radius 3 is 2.27 bits per heavy atom. The van der Waals surface area contributed by atoms with Crippen molar-refractivity contribution in [2.75, 3.05) is 0 Å². The molecule has 2 aromatic rings. The molecule has 0 aliphatic heterocycles. The number of hydroxylamine groups is 1. The van der Waals surface area contributed by atoms with E-state index in [1.54, 1.807) is 41.9 Å². The highest BCUT2D eigenvalue weighted by atomic mass is 32.2. The number of hydrogen-bond donors (Lipinski definition) is 3. The van der Waals surface area contributed by atoms with Crippen molar-refractivity contribution < 1.29 is 18.2 Å². The molecule has 0 heterocycles. The van der Waals surface area contributed by atoms with E-state index in [0.717, 1.165) is 11.1 Å². The zero-order valence-electron chi connectivity index (χ0n) is 13.7. The standard InChI is InChI=1S/C9H9N5O.C7H8O3S/c10-5-7-1-3-8(4-2-7)6-12-13-9(11)14-15;1-6-2-4-7(5-3-6)11(8,9)10/h1-4,6,15H,(H3,11,13,14);2-5H,1H3,(H,8,9,10)/p-1/b12-6+;. The van der Waals surface area contributed by atoms with E-state index in [4.69, 9.17) is 16.2 Å². The van der Waals surface area contributed by atoms with Gasteiger partial charge in [-0.1, -0.05) is 29.8 Å². The summed E-state index contributed by atoms with van der Waals surface area (Å²) < 4.78 is 31.2. The molecule has 0 aromatic heterocycles. The fourth-order valence-electron chi connectivity index (χ4n) is 1.53. The van der Waals surface area contributed by atoms with Crippen molar-refractivity contribution in [2.24, 2.45) is 15.9 Å². The lowest BCUT2D eigenvalue weighted by Gasteiger charge is -2.05. The summed E-state index contributed by atoms with van der Waals surface area (Å²) in [7, 11) is -4.27. The third-order valence-corrected chi connectivity index (χ3v) is 3.69. The van der Waals surface area contributed by atoms with Crippen molar-refractivity contribution in [1.29, 1.82) is 5.26 Å². The molecular formula is C16H16N5O4S-. The van der Waals surface area contributed by atoms with Crippen molar-refractivity contribution in [2.45, 2.75) is 11.8 Å². The van der Waals surface area contributed by atoms with Gasteiger partial charge in [0.1, 0.15) is 10.1 Å². The van der Waals surface area contributed by atoms with Crippen molar-refractivity contribution in [3.63, 3.8) is 0 Å². The molecule has 9 nitrogen and oxygen atoms in total. The largest absolute Gasteiger partial charge is 0.744 e. The van der Waals surface area contributed by atoms with E-state index in [1.165, 1.54) is 18.3 Å². The minimum atomic E-state index is -4.27. The quantitative estimate of drug-likeness (QED) is 0.313. The van der Waals surface area contributed by atoms with Crippen LogP contribution in [-0.4, -0.2) is 30.4 Å². The monoisotopic (exact) mass is 374 g/mol. The van der Waals surface area contributed by atoms with Gasteiger partial charge in [0.2, 0.25) is 5.96 Å². The predicted octanol–water partition coefficient (Wildman–Crippen LogP) is 1.08. The number of rotatable bonds is 3. The lowest BCUT2D eigenvalue weighted by atomic mass is 10.2. The van der Waals surface area contributed by atoms with Gasteiger partial charge in [-0.2, -0.15) is 10.4 Å². The second kappa shape index (κ2) is 9.90. The van der Waals surface area contributed by atoms with Crippen LogP contribution in [-0.2, 0) is 10.1 Å². The van der Waals surface area contributed by atoms with E-state index in [1.807, 2.05) is 13.0 Å². The molecule has 0 atom stereocenters. The molecule has 0 amide bonds. The minimum Gasteiger partial charge on any atom is -0.744 e. The summed E-state index contributed by atoms with van der Waals surface area (Å²) in [6.45, 7) is 1.82. The molecule has 10 heteroatoms. The van der Waals surface area contributed by atoms with E-state index in [9.17, 15) is 13.0 Å². The molecule has 0 spiro atoms. The molecule has 0 aliphatic rings. The van der Waals surface area contributed by atoms with Crippen molar-refractivity contribution >= 4 is 22.3 Å². The molecule has 0 saturated carbocycles. The Hall–Kier alpha value is -3.26. The summed E-state index contributed by atoms with van der Waals surface area (Å²) in [5.41, 5.74) is 9.04. The van der Waals surface area contributed by atoms with Gasteiger partial charge in [-0.05, 0) is 36.8 Å². The van der Waals surface area contributed by atoms with Crippen LogP contribution in [0.2, 0.25) is 0 Å². The van der Waals surface area contributed by atoms with E-state index in [2.05, 4.69) is 10.2 Å². The zero-order valence-corrected chi connectivity index (χ0v) is 14.5. The highest BCUT2D eigenvalue weighted by Gasteiger charge is 1.97. The molecule has 0 saturated heterocycles. The molecule has 0 bridgehead atoms. The minimum absolute atomic E-state index is 0.178. The summed E-state index contributed by atoms with van der Waals surface area (Å²) in [6.07, 6.45) is 1.45. The number of nitrogens with zero attached hydrogens (tertiary/aromatic N) is 3. The smallest absolute Gasteiger partial charge is 0.237 e. The molecule has 0 unspecified atom stereocenters. The summed E-state index contributed by atoms with van der Waals surface area (Å²) >= 11 is 0. The number of guanidine groups is 1. The highest BCUT2D eigenvalue weighted by molar-refractivity contribution is 7.85. The van der Waals surface area contributed by atoms with E-state index in [-0.39, 0.29) is 10.9 Å². The fourth-order valence-corrected chi connectivity index (χ4v) is 2.00. The summed E-state index contributed by atoms with van der Waals surface area (Å²) in [4.78, 5) is -0.178. The van der Waals surface area contributed by atoms with Gasteiger partial charge in [-0.15, -0.1) is 5.10 Å². The average molecular weight is 374 g/mol. The summed E-state index contributed by atoms with van der Waals surface area (Å²) in [5.74, 6) is -0.195. The first-order valence-corrected chi connectivity index (χ1v) is 8.46. The Morgan fingerprint density at radius 1 is 1.23 bits per heavy atom. The van der Waals surface area contributed by atoms with Crippen LogP contribution in [0.1, 0.15) is 16.7 Å². The molecule has 136 valence electrons. The van der Waals surface area contributed by atoms with Gasteiger partial charge in [0.15, 0.2) is 0 Å². The van der Waals surface area contributed by atoms with Gasteiger partial charge >= 0.3 is 0 Å². The van der Waals surface area contributed by atoms with Gasteiger partial charge in [0.05, 0.1) is 22.7 Å². The van der Waals surface area contributed by atoms with Crippen molar-refractivity contribution in [3.8, 4) is 6.07 Å². The second-order valence-electron chi connectivity index (χ2n) is 4.84. The van der Waals surface area contributed by atoms with E-state index in [0.29, 0.717) is 5.56 Å². The first-order chi connectivity index (χ1) is 12.3. The third-order valence-electron chi connectivity index (χ3n) is 2.84. The summed E-state index contributed by atoms with van der Waals surface area (Å²) in [6, 6.07) is 14.6. The molecule has 2 aromatic carbocycles.